The Labute approximate surface area is 99.1 Å². The van der Waals surface area contributed by atoms with Gasteiger partial charge in [0.1, 0.15) is 5.69 Å². The Morgan fingerprint density at radius 2 is 1.83 bits per heavy atom. The molecule has 0 unspecified atom stereocenters. The fourth-order valence-electron chi connectivity index (χ4n) is 1.42. The highest BCUT2D eigenvalue weighted by Gasteiger charge is 2.21. The predicted octanol–water partition coefficient (Wildman–Crippen LogP) is 1.62. The van der Waals surface area contributed by atoms with Crippen molar-refractivity contribution < 1.29 is 23.5 Å². The lowest BCUT2D eigenvalue weighted by molar-refractivity contribution is 0.0691. The highest BCUT2D eigenvalue weighted by molar-refractivity contribution is 6.10. The molecule has 7 heteroatoms. The molecular formula is C11H6F2N2O3. The number of carboxylic acids is 1. The second kappa shape index (κ2) is 4.36. The summed E-state index contributed by atoms with van der Waals surface area (Å²) in [4.78, 5) is 28.0. The van der Waals surface area contributed by atoms with E-state index < -0.39 is 29.0 Å². The van der Waals surface area contributed by atoms with Crippen LogP contribution < -0.4 is 0 Å². The van der Waals surface area contributed by atoms with Crippen molar-refractivity contribution >= 4 is 11.8 Å². The van der Waals surface area contributed by atoms with Gasteiger partial charge < -0.3 is 10.1 Å². The maximum absolute atomic E-state index is 13.3. The fourth-order valence-corrected chi connectivity index (χ4v) is 1.42. The van der Waals surface area contributed by atoms with Gasteiger partial charge in [-0.3, -0.25) is 9.78 Å². The number of halogens is 2. The number of aromatic carboxylic acids is 1. The van der Waals surface area contributed by atoms with Crippen molar-refractivity contribution in [3.63, 3.8) is 0 Å². The number of aromatic nitrogens is 2. The minimum atomic E-state index is -1.27. The van der Waals surface area contributed by atoms with Gasteiger partial charge in [0.05, 0.1) is 18.0 Å². The average Bonchev–Trinajstić information content (AvgIpc) is 2.77. The van der Waals surface area contributed by atoms with Crippen LogP contribution in [0.2, 0.25) is 0 Å². The van der Waals surface area contributed by atoms with E-state index in [9.17, 15) is 18.4 Å². The zero-order valence-electron chi connectivity index (χ0n) is 8.78. The molecule has 2 rings (SSSR count). The van der Waals surface area contributed by atoms with E-state index in [2.05, 4.69) is 9.97 Å². The van der Waals surface area contributed by atoms with Crippen LogP contribution in [0.3, 0.4) is 0 Å². The number of H-pyrrole nitrogens is 1. The van der Waals surface area contributed by atoms with E-state index in [1.165, 1.54) is 0 Å². The first-order valence-electron chi connectivity index (χ1n) is 4.76. The number of carboxylic acid groups (broad SMARTS) is 1. The van der Waals surface area contributed by atoms with Crippen LogP contribution in [0, 0.1) is 11.6 Å². The van der Waals surface area contributed by atoms with Crippen molar-refractivity contribution in [3.05, 3.63) is 53.1 Å². The number of pyridine rings is 1. The molecule has 2 N–H and O–H groups in total. The molecule has 0 radical (unpaired) electrons. The van der Waals surface area contributed by atoms with Crippen LogP contribution in [0.15, 0.2) is 24.7 Å². The molecule has 0 aromatic carbocycles. The minimum Gasteiger partial charge on any atom is -0.477 e. The second-order valence-corrected chi connectivity index (χ2v) is 3.41. The van der Waals surface area contributed by atoms with Crippen LogP contribution in [0.5, 0.6) is 0 Å². The number of hydrogen-bond donors (Lipinski definition) is 2. The molecule has 2 heterocycles. The van der Waals surface area contributed by atoms with Gasteiger partial charge in [-0.15, -0.1) is 0 Å². The van der Waals surface area contributed by atoms with E-state index in [-0.39, 0.29) is 11.3 Å². The number of ketones is 1. The Hall–Kier alpha value is -2.57. The molecule has 0 amide bonds. The van der Waals surface area contributed by atoms with Crippen molar-refractivity contribution in [2.45, 2.75) is 0 Å². The third-order valence-corrected chi connectivity index (χ3v) is 2.26. The van der Waals surface area contributed by atoms with Gasteiger partial charge in [0.25, 0.3) is 0 Å². The van der Waals surface area contributed by atoms with Crippen molar-refractivity contribution in [1.29, 1.82) is 0 Å². The van der Waals surface area contributed by atoms with Gasteiger partial charge in [-0.25, -0.2) is 13.6 Å². The van der Waals surface area contributed by atoms with Crippen LogP contribution >= 0.6 is 0 Å². The molecule has 0 fully saturated rings. The molecule has 0 aliphatic heterocycles. The molecule has 92 valence electrons. The summed E-state index contributed by atoms with van der Waals surface area (Å²) in [5.74, 6) is -4.42. The lowest BCUT2D eigenvalue weighted by Crippen LogP contribution is -2.07. The molecule has 0 saturated heterocycles. The van der Waals surface area contributed by atoms with E-state index in [1.54, 1.807) is 0 Å². The molecule has 0 saturated carbocycles. The van der Waals surface area contributed by atoms with Crippen LogP contribution in [0.25, 0.3) is 0 Å². The third kappa shape index (κ3) is 1.97. The van der Waals surface area contributed by atoms with Crippen LogP contribution in [-0.4, -0.2) is 26.8 Å². The Bertz CT molecular complexity index is 617. The maximum Gasteiger partial charge on any atom is 0.352 e. The number of aromatic amines is 1. The SMILES string of the molecule is O=C(O)c1cc(C(=O)c2c(F)cncc2F)c[nH]1. The van der Waals surface area contributed by atoms with Gasteiger partial charge in [-0.2, -0.15) is 0 Å². The number of nitrogens with one attached hydrogen (secondary N) is 1. The Morgan fingerprint density at radius 3 is 2.33 bits per heavy atom. The van der Waals surface area contributed by atoms with E-state index in [0.717, 1.165) is 12.3 Å². The van der Waals surface area contributed by atoms with Gasteiger partial charge in [0.2, 0.25) is 5.78 Å². The van der Waals surface area contributed by atoms with Crippen LogP contribution in [-0.2, 0) is 0 Å². The van der Waals surface area contributed by atoms with E-state index in [0.29, 0.717) is 12.4 Å². The molecular weight excluding hydrogens is 246 g/mol. The topological polar surface area (TPSA) is 83.0 Å². The van der Waals surface area contributed by atoms with E-state index in [4.69, 9.17) is 5.11 Å². The molecule has 0 aliphatic rings. The highest BCUT2D eigenvalue weighted by atomic mass is 19.1. The zero-order valence-corrected chi connectivity index (χ0v) is 8.78. The third-order valence-electron chi connectivity index (χ3n) is 2.26. The lowest BCUT2D eigenvalue weighted by atomic mass is 10.1. The molecule has 5 nitrogen and oxygen atoms in total. The first-order chi connectivity index (χ1) is 8.50. The molecule has 2 aromatic heterocycles. The Morgan fingerprint density at radius 1 is 1.22 bits per heavy atom. The van der Waals surface area contributed by atoms with Gasteiger partial charge in [0, 0.05) is 11.8 Å². The van der Waals surface area contributed by atoms with Crippen molar-refractivity contribution in [2.24, 2.45) is 0 Å². The number of nitrogens with zero attached hydrogens (tertiary/aromatic N) is 1. The van der Waals surface area contributed by atoms with Gasteiger partial charge in [-0.1, -0.05) is 0 Å². The fraction of sp³-hybridized carbons (Fsp3) is 0. The van der Waals surface area contributed by atoms with Gasteiger partial charge in [-0.05, 0) is 6.07 Å². The number of rotatable bonds is 3. The standard InChI is InChI=1S/C11H6F2N2O3/c12-6-3-14-4-7(13)9(6)10(16)5-1-8(11(17)18)15-2-5/h1-4,15H,(H,17,18). The second-order valence-electron chi connectivity index (χ2n) is 3.41. The first-order valence-corrected chi connectivity index (χ1v) is 4.76. The monoisotopic (exact) mass is 252 g/mol. The summed E-state index contributed by atoms with van der Waals surface area (Å²) in [5, 5.41) is 8.66. The van der Waals surface area contributed by atoms with Crippen LogP contribution in [0.4, 0.5) is 8.78 Å². The Kier molecular flexibility index (Phi) is 2.88. The Balaban J connectivity index is 2.45. The number of hydrogen-bond acceptors (Lipinski definition) is 3. The first kappa shape index (κ1) is 11.9. The molecule has 18 heavy (non-hydrogen) atoms. The summed E-state index contributed by atoms with van der Waals surface area (Å²) in [6, 6.07) is 1.00. The summed E-state index contributed by atoms with van der Waals surface area (Å²) in [6.07, 6.45) is 2.49. The largest absolute Gasteiger partial charge is 0.477 e. The molecule has 2 aromatic rings. The van der Waals surface area contributed by atoms with E-state index >= 15 is 0 Å². The normalized spacial score (nSPS) is 10.3. The smallest absolute Gasteiger partial charge is 0.352 e. The van der Waals surface area contributed by atoms with Gasteiger partial charge >= 0.3 is 5.97 Å². The highest BCUT2D eigenvalue weighted by Crippen LogP contribution is 2.16. The average molecular weight is 252 g/mol. The predicted molar refractivity (Wildman–Crippen MR) is 55.3 cm³/mol. The molecule has 0 spiro atoms. The van der Waals surface area contributed by atoms with Crippen LogP contribution in [0.1, 0.15) is 26.4 Å². The van der Waals surface area contributed by atoms with Crippen molar-refractivity contribution in [1.82, 2.24) is 9.97 Å². The summed E-state index contributed by atoms with van der Waals surface area (Å²) in [7, 11) is 0. The number of carbonyl (C=O) groups excluding carboxylic acids is 1. The maximum atomic E-state index is 13.3. The summed E-state index contributed by atoms with van der Waals surface area (Å²) in [6.45, 7) is 0. The molecule has 0 bridgehead atoms. The zero-order chi connectivity index (χ0) is 13.3. The lowest BCUT2D eigenvalue weighted by Gasteiger charge is -2.00. The van der Waals surface area contributed by atoms with Crippen molar-refractivity contribution in [2.75, 3.05) is 0 Å². The molecule has 0 aliphatic carbocycles. The van der Waals surface area contributed by atoms with Gasteiger partial charge in [0.15, 0.2) is 11.6 Å². The number of carbonyl (C=O) groups is 2. The summed E-state index contributed by atoms with van der Waals surface area (Å²) in [5.41, 5.74) is -1.15. The van der Waals surface area contributed by atoms with E-state index in [1.807, 2.05) is 0 Å². The molecule has 0 atom stereocenters. The quantitative estimate of drug-likeness (QED) is 0.813. The summed E-state index contributed by atoms with van der Waals surface area (Å²) >= 11 is 0. The summed E-state index contributed by atoms with van der Waals surface area (Å²) < 4.78 is 26.6. The van der Waals surface area contributed by atoms with Crippen molar-refractivity contribution in [3.8, 4) is 0 Å². The minimum absolute atomic E-state index is 0.142.